The van der Waals surface area contributed by atoms with Crippen LogP contribution in [0, 0.1) is 18.3 Å². The molecule has 2 aliphatic carbocycles. The fourth-order valence-electron chi connectivity index (χ4n) is 4.18. The first-order valence-corrected chi connectivity index (χ1v) is 8.38. The number of rotatable bonds is 2. The highest BCUT2D eigenvalue weighted by Gasteiger charge is 2.63. The van der Waals surface area contributed by atoms with E-state index < -0.39 is 0 Å². The molecule has 1 saturated carbocycles. The minimum absolute atomic E-state index is 0.420. The predicted octanol–water partition coefficient (Wildman–Crippen LogP) is 3.74. The Labute approximate surface area is 141 Å². The van der Waals surface area contributed by atoms with Crippen molar-refractivity contribution in [2.24, 2.45) is 11.3 Å². The van der Waals surface area contributed by atoms with Crippen LogP contribution in [0.4, 0.5) is 5.69 Å². The number of para-hydroxylation sites is 2. The Bertz CT molecular complexity index is 809. The van der Waals surface area contributed by atoms with Crippen LogP contribution < -0.4 is 10.1 Å². The zero-order valence-electron chi connectivity index (χ0n) is 13.9. The fraction of sp³-hybridized carbons (Fsp3) is 0.444. The average molecular weight is 327 g/mol. The molecule has 2 atom stereocenters. The first kappa shape index (κ1) is 14.7. The van der Waals surface area contributed by atoms with E-state index in [9.17, 15) is 0 Å². The summed E-state index contributed by atoms with van der Waals surface area (Å²) in [7, 11) is 1.66. The van der Waals surface area contributed by atoms with Crippen LogP contribution in [0.2, 0.25) is 0 Å². The summed E-state index contributed by atoms with van der Waals surface area (Å²) >= 11 is 5.61. The molecule has 4 rings (SSSR count). The monoisotopic (exact) mass is 327 g/mol. The van der Waals surface area contributed by atoms with Crippen molar-refractivity contribution in [3.63, 3.8) is 0 Å². The first-order valence-electron chi connectivity index (χ1n) is 7.98. The molecule has 0 radical (unpaired) electrons. The van der Waals surface area contributed by atoms with Crippen molar-refractivity contribution in [1.82, 2.24) is 9.78 Å². The lowest BCUT2D eigenvalue weighted by Gasteiger charge is -2.14. The van der Waals surface area contributed by atoms with E-state index in [2.05, 4.69) is 26.1 Å². The molecule has 120 valence electrons. The number of nitrogens with zero attached hydrogens (tertiary/aromatic N) is 2. The van der Waals surface area contributed by atoms with Gasteiger partial charge in [-0.25, -0.2) is 4.68 Å². The number of aryl methyl sites for hydroxylation is 1. The molecule has 0 spiro atoms. The Kier molecular flexibility index (Phi) is 3.07. The number of ether oxygens (including phenoxy) is 1. The molecule has 1 N–H and O–H groups in total. The second kappa shape index (κ2) is 4.81. The maximum Gasteiger partial charge on any atom is 0.198 e. The molecule has 1 heterocycles. The number of hydrogen-bond donors (Lipinski definition) is 1. The normalized spacial score (nSPS) is 23.1. The molecule has 2 aliphatic rings. The van der Waals surface area contributed by atoms with Crippen LogP contribution in [0.1, 0.15) is 36.7 Å². The fourth-order valence-corrected chi connectivity index (χ4v) is 4.44. The van der Waals surface area contributed by atoms with Crippen molar-refractivity contribution in [3.05, 3.63) is 41.2 Å². The van der Waals surface area contributed by atoms with Crippen LogP contribution in [0.5, 0.6) is 5.75 Å². The minimum Gasteiger partial charge on any atom is -0.495 e. The van der Waals surface area contributed by atoms with Gasteiger partial charge in [-0.3, -0.25) is 0 Å². The Morgan fingerprint density at radius 3 is 2.87 bits per heavy atom. The van der Waals surface area contributed by atoms with E-state index in [1.54, 1.807) is 7.11 Å². The zero-order chi connectivity index (χ0) is 16.4. The highest BCUT2D eigenvalue weighted by molar-refractivity contribution is 7.80. The van der Waals surface area contributed by atoms with Gasteiger partial charge in [-0.05, 0) is 54.9 Å². The number of nitrogens with one attached hydrogen (secondary N) is 1. The van der Waals surface area contributed by atoms with Crippen molar-refractivity contribution in [2.75, 3.05) is 12.4 Å². The Morgan fingerprint density at radius 2 is 2.13 bits per heavy atom. The number of anilines is 1. The Balaban J connectivity index is 1.64. The number of fused-ring (bicyclic) bond motifs is 3. The van der Waals surface area contributed by atoms with E-state index in [1.165, 1.54) is 11.3 Å². The summed E-state index contributed by atoms with van der Waals surface area (Å²) < 4.78 is 7.29. The molecule has 5 heteroatoms. The van der Waals surface area contributed by atoms with E-state index in [0.29, 0.717) is 16.4 Å². The van der Waals surface area contributed by atoms with Gasteiger partial charge in [0.1, 0.15) is 5.75 Å². The number of aromatic nitrogens is 2. The van der Waals surface area contributed by atoms with Gasteiger partial charge in [-0.1, -0.05) is 26.0 Å². The summed E-state index contributed by atoms with van der Waals surface area (Å²) in [5, 5.41) is 8.59. The third-order valence-electron chi connectivity index (χ3n) is 5.52. The lowest BCUT2D eigenvalue weighted by molar-refractivity contribution is 0.417. The largest absolute Gasteiger partial charge is 0.495 e. The highest BCUT2D eigenvalue weighted by atomic mass is 32.1. The number of thiocarbonyl (C=S) groups is 1. The van der Waals surface area contributed by atoms with Gasteiger partial charge in [-0.2, -0.15) is 5.10 Å². The lowest BCUT2D eigenvalue weighted by Crippen LogP contribution is -2.23. The molecule has 0 saturated heterocycles. The number of hydrogen-bond acceptors (Lipinski definition) is 3. The molecule has 0 bridgehead atoms. The standard InChI is InChI=1S/C18H21N3OS/c1-10-15-13(9-11-16(15)18(11,2)3)21(20-10)17(23)19-12-7-5-6-8-14(12)22-4/h5-8,11,16H,9H2,1-4H3,(H,19,23)/t11-,16+/m0/s1. The average Bonchev–Trinajstić information content (AvgIpc) is 2.86. The summed E-state index contributed by atoms with van der Waals surface area (Å²) in [6.45, 7) is 6.80. The molecular formula is C18H21N3OS. The molecule has 2 aromatic rings. The first-order chi connectivity index (χ1) is 10.9. The molecule has 1 aromatic heterocycles. The second-order valence-electron chi connectivity index (χ2n) is 7.10. The van der Waals surface area contributed by atoms with Crippen molar-refractivity contribution < 1.29 is 4.74 Å². The molecule has 1 aromatic carbocycles. The predicted molar refractivity (Wildman–Crippen MR) is 95.3 cm³/mol. The van der Waals surface area contributed by atoms with Crippen LogP contribution in [0.25, 0.3) is 0 Å². The third kappa shape index (κ3) is 2.02. The Morgan fingerprint density at radius 1 is 1.39 bits per heavy atom. The number of benzene rings is 1. The van der Waals surface area contributed by atoms with E-state index in [0.717, 1.165) is 29.5 Å². The second-order valence-corrected chi connectivity index (χ2v) is 7.48. The topological polar surface area (TPSA) is 39.1 Å². The van der Waals surface area contributed by atoms with Crippen molar-refractivity contribution in [2.45, 2.75) is 33.1 Å². The summed E-state index contributed by atoms with van der Waals surface area (Å²) in [4.78, 5) is 0. The van der Waals surface area contributed by atoms with Crippen LogP contribution in [0.3, 0.4) is 0 Å². The van der Waals surface area contributed by atoms with Crippen LogP contribution in [-0.4, -0.2) is 22.0 Å². The molecular weight excluding hydrogens is 306 g/mol. The van der Waals surface area contributed by atoms with Gasteiger partial charge in [0.05, 0.1) is 24.2 Å². The van der Waals surface area contributed by atoms with E-state index >= 15 is 0 Å². The van der Waals surface area contributed by atoms with E-state index in [4.69, 9.17) is 22.1 Å². The summed E-state index contributed by atoms with van der Waals surface area (Å²) in [6, 6.07) is 7.78. The quantitative estimate of drug-likeness (QED) is 0.853. The molecule has 0 amide bonds. The van der Waals surface area contributed by atoms with Gasteiger partial charge in [0.2, 0.25) is 0 Å². The maximum atomic E-state index is 5.61. The SMILES string of the molecule is COc1ccccc1NC(=S)n1nc(C)c2c1C[C@H]1[C@H]2C1(C)C. The van der Waals surface area contributed by atoms with Crippen LogP contribution in [0.15, 0.2) is 24.3 Å². The number of methoxy groups -OCH3 is 1. The van der Waals surface area contributed by atoms with Crippen molar-refractivity contribution in [3.8, 4) is 5.75 Å². The minimum atomic E-state index is 0.420. The molecule has 0 aliphatic heterocycles. The van der Waals surface area contributed by atoms with E-state index in [-0.39, 0.29) is 0 Å². The molecule has 1 fully saturated rings. The van der Waals surface area contributed by atoms with Crippen LogP contribution in [-0.2, 0) is 6.42 Å². The lowest BCUT2D eigenvalue weighted by atomic mass is 9.98. The molecule has 0 unspecified atom stereocenters. The van der Waals surface area contributed by atoms with Crippen molar-refractivity contribution >= 4 is 23.0 Å². The molecule has 4 nitrogen and oxygen atoms in total. The highest BCUT2D eigenvalue weighted by Crippen LogP contribution is 2.70. The zero-order valence-corrected chi connectivity index (χ0v) is 14.7. The van der Waals surface area contributed by atoms with E-state index in [1.807, 2.05) is 28.9 Å². The summed E-state index contributed by atoms with van der Waals surface area (Å²) in [5.41, 5.74) is 5.10. The van der Waals surface area contributed by atoms with Gasteiger partial charge in [-0.15, -0.1) is 0 Å². The van der Waals surface area contributed by atoms with Gasteiger partial charge in [0.15, 0.2) is 5.11 Å². The van der Waals surface area contributed by atoms with Crippen molar-refractivity contribution in [1.29, 1.82) is 0 Å². The molecule has 23 heavy (non-hydrogen) atoms. The summed E-state index contributed by atoms with van der Waals surface area (Å²) in [5.74, 6) is 2.18. The van der Waals surface area contributed by atoms with Crippen LogP contribution >= 0.6 is 12.2 Å². The van der Waals surface area contributed by atoms with Gasteiger partial charge in [0, 0.05) is 5.56 Å². The maximum absolute atomic E-state index is 5.61. The van der Waals surface area contributed by atoms with Gasteiger partial charge < -0.3 is 10.1 Å². The third-order valence-corrected chi connectivity index (χ3v) is 5.80. The van der Waals surface area contributed by atoms with Gasteiger partial charge in [0.25, 0.3) is 0 Å². The Hall–Kier alpha value is -1.88. The van der Waals surface area contributed by atoms with Gasteiger partial charge >= 0.3 is 0 Å². The summed E-state index contributed by atoms with van der Waals surface area (Å²) in [6.07, 6.45) is 1.07. The smallest absolute Gasteiger partial charge is 0.198 e.